The first-order valence-electron chi connectivity index (χ1n) is 6.95. The molecule has 1 aliphatic heterocycles. The van der Waals surface area contributed by atoms with Crippen LogP contribution in [0.2, 0.25) is 0 Å². The van der Waals surface area contributed by atoms with Gasteiger partial charge in [0.2, 0.25) is 12.7 Å². The van der Waals surface area contributed by atoms with Gasteiger partial charge in [0.25, 0.3) is 0 Å². The van der Waals surface area contributed by atoms with E-state index < -0.39 is 0 Å². The second kappa shape index (κ2) is 7.02. The summed E-state index contributed by atoms with van der Waals surface area (Å²) in [5, 5.41) is 2.95. The minimum absolute atomic E-state index is 0.160. The molecule has 0 aromatic heterocycles. The standard InChI is InChI=1S/C15H21NO3/c1-2-3-6-15(17)16-9-4-5-12-7-8-13-14(10-12)19-11-18-13/h7-8,10H,2-6,9,11H2,1H3,(H,16,17). The van der Waals surface area contributed by atoms with Crippen LogP contribution in [0.3, 0.4) is 0 Å². The Kier molecular flexibility index (Phi) is 5.07. The number of carbonyl (C=O) groups is 1. The lowest BCUT2D eigenvalue weighted by atomic mass is 10.1. The molecule has 0 aliphatic carbocycles. The van der Waals surface area contributed by atoms with Crippen molar-refractivity contribution in [3.05, 3.63) is 23.8 Å². The first-order chi connectivity index (χ1) is 9.29. The Morgan fingerprint density at radius 3 is 2.95 bits per heavy atom. The molecule has 0 atom stereocenters. The third-order valence-corrected chi connectivity index (χ3v) is 3.16. The van der Waals surface area contributed by atoms with Crippen LogP contribution in [0.1, 0.15) is 38.2 Å². The van der Waals surface area contributed by atoms with E-state index in [4.69, 9.17) is 9.47 Å². The van der Waals surface area contributed by atoms with Gasteiger partial charge in [0.05, 0.1) is 0 Å². The molecule has 0 radical (unpaired) electrons. The summed E-state index contributed by atoms with van der Waals surface area (Å²) in [7, 11) is 0. The van der Waals surface area contributed by atoms with Crippen LogP contribution in [-0.4, -0.2) is 19.2 Å². The molecule has 1 aliphatic rings. The molecular formula is C15H21NO3. The zero-order chi connectivity index (χ0) is 13.5. The maximum atomic E-state index is 11.4. The third-order valence-electron chi connectivity index (χ3n) is 3.16. The maximum Gasteiger partial charge on any atom is 0.231 e. The molecule has 1 aromatic carbocycles. The van der Waals surface area contributed by atoms with Crippen LogP contribution in [0.25, 0.3) is 0 Å². The van der Waals surface area contributed by atoms with Crippen LogP contribution in [0.4, 0.5) is 0 Å². The molecule has 4 heteroatoms. The number of aryl methyl sites for hydroxylation is 1. The van der Waals surface area contributed by atoms with Crippen molar-refractivity contribution in [1.29, 1.82) is 0 Å². The summed E-state index contributed by atoms with van der Waals surface area (Å²) >= 11 is 0. The van der Waals surface area contributed by atoms with E-state index in [9.17, 15) is 4.79 Å². The molecule has 1 N–H and O–H groups in total. The molecule has 4 nitrogen and oxygen atoms in total. The number of benzene rings is 1. The van der Waals surface area contributed by atoms with E-state index in [0.717, 1.165) is 43.7 Å². The maximum absolute atomic E-state index is 11.4. The highest BCUT2D eigenvalue weighted by Gasteiger charge is 2.12. The van der Waals surface area contributed by atoms with Crippen molar-refractivity contribution in [2.24, 2.45) is 0 Å². The first kappa shape index (κ1) is 13.7. The molecule has 1 aromatic rings. The van der Waals surface area contributed by atoms with Crippen LogP contribution in [0, 0.1) is 0 Å². The quantitative estimate of drug-likeness (QED) is 0.769. The van der Waals surface area contributed by atoms with Crippen LogP contribution < -0.4 is 14.8 Å². The predicted molar refractivity (Wildman–Crippen MR) is 73.4 cm³/mol. The second-order valence-electron chi connectivity index (χ2n) is 4.74. The average Bonchev–Trinajstić information content (AvgIpc) is 2.88. The van der Waals surface area contributed by atoms with Gasteiger partial charge in [-0.15, -0.1) is 0 Å². The fourth-order valence-corrected chi connectivity index (χ4v) is 2.04. The van der Waals surface area contributed by atoms with Gasteiger partial charge in [0.15, 0.2) is 11.5 Å². The molecule has 0 spiro atoms. The molecule has 19 heavy (non-hydrogen) atoms. The summed E-state index contributed by atoms with van der Waals surface area (Å²) in [4.78, 5) is 11.4. The Morgan fingerprint density at radius 1 is 1.26 bits per heavy atom. The third kappa shape index (κ3) is 4.16. The topological polar surface area (TPSA) is 47.6 Å². The normalized spacial score (nSPS) is 12.5. The van der Waals surface area contributed by atoms with Crippen molar-refractivity contribution in [2.45, 2.75) is 39.0 Å². The number of fused-ring (bicyclic) bond motifs is 1. The number of hydrogen-bond donors (Lipinski definition) is 1. The molecule has 104 valence electrons. The lowest BCUT2D eigenvalue weighted by Gasteiger charge is -2.05. The van der Waals surface area contributed by atoms with Crippen molar-refractivity contribution in [3.63, 3.8) is 0 Å². The largest absolute Gasteiger partial charge is 0.454 e. The number of ether oxygens (including phenoxy) is 2. The SMILES string of the molecule is CCCCC(=O)NCCCc1ccc2c(c1)OCO2. The fraction of sp³-hybridized carbons (Fsp3) is 0.533. The summed E-state index contributed by atoms with van der Waals surface area (Å²) in [5.74, 6) is 1.80. The van der Waals surface area contributed by atoms with Gasteiger partial charge >= 0.3 is 0 Å². The minimum Gasteiger partial charge on any atom is -0.454 e. The molecule has 1 amide bonds. The predicted octanol–water partition coefficient (Wildman–Crippen LogP) is 2.65. The van der Waals surface area contributed by atoms with Crippen LogP contribution in [0.5, 0.6) is 11.5 Å². The van der Waals surface area contributed by atoms with Crippen molar-refractivity contribution in [1.82, 2.24) is 5.32 Å². The van der Waals surface area contributed by atoms with Crippen LogP contribution in [-0.2, 0) is 11.2 Å². The number of nitrogens with one attached hydrogen (secondary N) is 1. The second-order valence-corrected chi connectivity index (χ2v) is 4.74. The Bertz CT molecular complexity index is 431. The molecule has 1 heterocycles. The molecule has 0 unspecified atom stereocenters. The van der Waals surface area contributed by atoms with Crippen LogP contribution >= 0.6 is 0 Å². The van der Waals surface area contributed by atoms with Gasteiger partial charge in [-0.05, 0) is 37.0 Å². The highest BCUT2D eigenvalue weighted by molar-refractivity contribution is 5.75. The summed E-state index contributed by atoms with van der Waals surface area (Å²) in [6, 6.07) is 6.01. The number of amides is 1. The van der Waals surface area contributed by atoms with Gasteiger partial charge in [-0.3, -0.25) is 4.79 Å². The molecule has 2 rings (SSSR count). The summed E-state index contributed by atoms with van der Waals surface area (Å²) in [5.41, 5.74) is 1.21. The van der Waals surface area contributed by atoms with Gasteiger partial charge in [-0.25, -0.2) is 0 Å². The van der Waals surface area contributed by atoms with E-state index >= 15 is 0 Å². The highest BCUT2D eigenvalue weighted by Crippen LogP contribution is 2.32. The van der Waals surface area contributed by atoms with Gasteiger partial charge in [0.1, 0.15) is 0 Å². The Labute approximate surface area is 114 Å². The molecule has 0 saturated carbocycles. The van der Waals surface area contributed by atoms with Gasteiger partial charge in [-0.1, -0.05) is 19.4 Å². The smallest absolute Gasteiger partial charge is 0.231 e. The average molecular weight is 263 g/mol. The fourth-order valence-electron chi connectivity index (χ4n) is 2.04. The Morgan fingerprint density at radius 2 is 2.11 bits per heavy atom. The summed E-state index contributed by atoms with van der Waals surface area (Å²) < 4.78 is 10.6. The lowest BCUT2D eigenvalue weighted by molar-refractivity contribution is -0.121. The van der Waals surface area contributed by atoms with Gasteiger partial charge < -0.3 is 14.8 Å². The first-order valence-corrected chi connectivity index (χ1v) is 6.95. The monoisotopic (exact) mass is 263 g/mol. The van der Waals surface area contributed by atoms with Gasteiger partial charge in [-0.2, -0.15) is 0 Å². The van der Waals surface area contributed by atoms with E-state index in [0.29, 0.717) is 13.2 Å². The lowest BCUT2D eigenvalue weighted by Crippen LogP contribution is -2.24. The van der Waals surface area contributed by atoms with Crippen molar-refractivity contribution >= 4 is 5.91 Å². The molecular weight excluding hydrogens is 242 g/mol. The van der Waals surface area contributed by atoms with E-state index in [-0.39, 0.29) is 5.91 Å². The van der Waals surface area contributed by atoms with Crippen molar-refractivity contribution < 1.29 is 14.3 Å². The van der Waals surface area contributed by atoms with Gasteiger partial charge in [0, 0.05) is 13.0 Å². The highest BCUT2D eigenvalue weighted by atomic mass is 16.7. The van der Waals surface area contributed by atoms with Crippen molar-refractivity contribution in [3.8, 4) is 11.5 Å². The molecule has 0 saturated heterocycles. The van der Waals surface area contributed by atoms with Crippen molar-refractivity contribution in [2.75, 3.05) is 13.3 Å². The van der Waals surface area contributed by atoms with E-state index in [1.807, 2.05) is 18.2 Å². The Hall–Kier alpha value is -1.71. The number of rotatable bonds is 7. The zero-order valence-electron chi connectivity index (χ0n) is 11.4. The number of carbonyl (C=O) groups excluding carboxylic acids is 1. The van der Waals surface area contributed by atoms with E-state index in [1.165, 1.54) is 5.56 Å². The summed E-state index contributed by atoms with van der Waals surface area (Å²) in [6.07, 6.45) is 4.54. The zero-order valence-corrected chi connectivity index (χ0v) is 11.4. The van der Waals surface area contributed by atoms with Crippen LogP contribution in [0.15, 0.2) is 18.2 Å². The minimum atomic E-state index is 0.160. The molecule has 0 fully saturated rings. The number of hydrogen-bond acceptors (Lipinski definition) is 3. The number of unbranched alkanes of at least 4 members (excludes halogenated alkanes) is 1. The van der Waals surface area contributed by atoms with E-state index in [2.05, 4.69) is 12.2 Å². The summed E-state index contributed by atoms with van der Waals surface area (Å²) in [6.45, 7) is 3.14. The molecule has 0 bridgehead atoms. The Balaban J connectivity index is 1.67. The van der Waals surface area contributed by atoms with E-state index in [1.54, 1.807) is 0 Å².